The van der Waals surface area contributed by atoms with Crippen LogP contribution in [0.5, 0.6) is 5.75 Å². The Morgan fingerprint density at radius 1 is 1.30 bits per heavy atom. The molecule has 0 aromatic heterocycles. The second-order valence-electron chi connectivity index (χ2n) is 4.95. The van der Waals surface area contributed by atoms with Crippen molar-refractivity contribution in [2.24, 2.45) is 0 Å². The Morgan fingerprint density at radius 3 is 2.40 bits per heavy atom. The number of nitro groups is 1. The smallest absolute Gasteiger partial charge is 0.427 e. The third-order valence-electron chi connectivity index (χ3n) is 3.71. The normalized spacial score (nSPS) is 16.6. The average Bonchev–Trinajstić information content (AvgIpc) is 2.88. The molecule has 0 saturated heterocycles. The topological polar surface area (TPSA) is 78.7 Å². The van der Waals surface area contributed by atoms with Gasteiger partial charge in [0, 0.05) is 12.1 Å². The van der Waals surface area contributed by atoms with Crippen molar-refractivity contribution in [3.8, 4) is 5.75 Å². The predicted molar refractivity (Wildman–Crippen MR) is 71.7 cm³/mol. The summed E-state index contributed by atoms with van der Waals surface area (Å²) in [5, 5.41) is 10.5. The molecule has 0 N–H and O–H groups in total. The van der Waals surface area contributed by atoms with E-state index in [0.717, 1.165) is 32.1 Å². The molecule has 0 unspecified atom stereocenters. The zero-order chi connectivity index (χ0) is 14.6. The van der Waals surface area contributed by atoms with Gasteiger partial charge in [0.2, 0.25) is 0 Å². The minimum absolute atomic E-state index is 0.0495. The van der Waals surface area contributed by atoms with Gasteiger partial charge in [-0.1, -0.05) is 6.92 Å². The van der Waals surface area contributed by atoms with Crippen LogP contribution in [0.3, 0.4) is 0 Å². The predicted octanol–water partition coefficient (Wildman–Crippen LogP) is 3.83. The van der Waals surface area contributed by atoms with E-state index in [1.165, 1.54) is 24.3 Å². The van der Waals surface area contributed by atoms with Gasteiger partial charge in [-0.15, -0.1) is 0 Å². The minimum atomic E-state index is -0.748. The van der Waals surface area contributed by atoms with Crippen LogP contribution in [-0.2, 0) is 4.74 Å². The summed E-state index contributed by atoms with van der Waals surface area (Å²) < 4.78 is 10.5. The molecule has 6 heteroatoms. The molecular formula is C14H17NO5. The highest BCUT2D eigenvalue weighted by Gasteiger charge is 2.36. The van der Waals surface area contributed by atoms with Crippen molar-refractivity contribution in [1.82, 2.24) is 0 Å². The van der Waals surface area contributed by atoms with Crippen LogP contribution in [0.25, 0.3) is 0 Å². The molecule has 1 aromatic rings. The van der Waals surface area contributed by atoms with E-state index < -0.39 is 16.7 Å². The minimum Gasteiger partial charge on any atom is -0.427 e. The third-order valence-corrected chi connectivity index (χ3v) is 3.71. The van der Waals surface area contributed by atoms with Crippen LogP contribution in [0.4, 0.5) is 10.5 Å². The molecule has 1 saturated carbocycles. The van der Waals surface area contributed by atoms with Gasteiger partial charge in [-0.2, -0.15) is 0 Å². The molecule has 0 radical (unpaired) electrons. The lowest BCUT2D eigenvalue weighted by Crippen LogP contribution is -2.32. The summed E-state index contributed by atoms with van der Waals surface area (Å²) >= 11 is 0. The van der Waals surface area contributed by atoms with Crippen molar-refractivity contribution in [2.75, 3.05) is 0 Å². The van der Waals surface area contributed by atoms with Gasteiger partial charge in [-0.25, -0.2) is 4.79 Å². The Bertz CT molecular complexity index is 491. The fraction of sp³-hybridized carbons (Fsp3) is 0.500. The fourth-order valence-electron chi connectivity index (χ4n) is 2.48. The van der Waals surface area contributed by atoms with Crippen molar-refractivity contribution in [3.05, 3.63) is 34.4 Å². The lowest BCUT2D eigenvalue weighted by atomic mass is 9.99. The van der Waals surface area contributed by atoms with Gasteiger partial charge in [0.15, 0.2) is 0 Å². The van der Waals surface area contributed by atoms with Crippen LogP contribution in [0.15, 0.2) is 24.3 Å². The Morgan fingerprint density at radius 2 is 1.90 bits per heavy atom. The maximum absolute atomic E-state index is 11.8. The monoisotopic (exact) mass is 279 g/mol. The molecule has 0 amide bonds. The van der Waals surface area contributed by atoms with Gasteiger partial charge in [-0.05, 0) is 44.2 Å². The molecule has 20 heavy (non-hydrogen) atoms. The largest absolute Gasteiger partial charge is 0.514 e. The molecule has 0 atom stereocenters. The van der Waals surface area contributed by atoms with Crippen LogP contribution in [0.1, 0.15) is 39.0 Å². The number of nitrogens with zero attached hydrogens (tertiary/aromatic N) is 1. The summed E-state index contributed by atoms with van der Waals surface area (Å²) in [7, 11) is 0. The van der Waals surface area contributed by atoms with Crippen molar-refractivity contribution in [2.45, 2.75) is 44.6 Å². The van der Waals surface area contributed by atoms with Crippen molar-refractivity contribution < 1.29 is 19.2 Å². The number of carbonyl (C=O) groups excluding carboxylic acids is 1. The first-order valence-corrected chi connectivity index (χ1v) is 6.70. The molecule has 1 aromatic carbocycles. The molecule has 0 spiro atoms. The fourth-order valence-corrected chi connectivity index (χ4v) is 2.48. The number of benzene rings is 1. The van der Waals surface area contributed by atoms with Gasteiger partial charge in [-0.3, -0.25) is 10.1 Å². The zero-order valence-corrected chi connectivity index (χ0v) is 11.3. The lowest BCUT2D eigenvalue weighted by molar-refractivity contribution is -0.384. The van der Waals surface area contributed by atoms with Crippen LogP contribution >= 0.6 is 0 Å². The van der Waals surface area contributed by atoms with Crippen molar-refractivity contribution >= 4 is 11.8 Å². The molecule has 1 aliphatic carbocycles. The van der Waals surface area contributed by atoms with E-state index in [9.17, 15) is 14.9 Å². The number of hydrogen-bond donors (Lipinski definition) is 0. The molecule has 108 valence electrons. The second kappa shape index (κ2) is 5.90. The number of hydrogen-bond acceptors (Lipinski definition) is 5. The molecule has 0 bridgehead atoms. The Balaban J connectivity index is 1.95. The summed E-state index contributed by atoms with van der Waals surface area (Å²) in [5.41, 5.74) is -0.454. The molecule has 0 heterocycles. The summed E-state index contributed by atoms with van der Waals surface area (Å²) in [6.45, 7) is 1.99. The van der Waals surface area contributed by atoms with Gasteiger partial charge in [0.25, 0.3) is 5.69 Å². The van der Waals surface area contributed by atoms with Crippen LogP contribution < -0.4 is 4.74 Å². The van der Waals surface area contributed by atoms with Crippen LogP contribution in [0, 0.1) is 10.1 Å². The van der Waals surface area contributed by atoms with Gasteiger partial charge < -0.3 is 9.47 Å². The molecule has 2 rings (SSSR count). The summed E-state index contributed by atoms with van der Waals surface area (Å²) in [4.78, 5) is 21.8. The molecule has 0 aliphatic heterocycles. The van der Waals surface area contributed by atoms with Gasteiger partial charge >= 0.3 is 6.16 Å². The summed E-state index contributed by atoms with van der Waals surface area (Å²) in [5.74, 6) is 0.241. The van der Waals surface area contributed by atoms with Crippen molar-refractivity contribution in [1.29, 1.82) is 0 Å². The highest BCUT2D eigenvalue weighted by Crippen LogP contribution is 2.36. The van der Waals surface area contributed by atoms with Gasteiger partial charge in [0.1, 0.15) is 11.4 Å². The van der Waals surface area contributed by atoms with E-state index in [2.05, 4.69) is 0 Å². The van der Waals surface area contributed by atoms with Crippen LogP contribution in [-0.4, -0.2) is 16.7 Å². The van der Waals surface area contributed by atoms with E-state index in [1.807, 2.05) is 6.92 Å². The first-order chi connectivity index (χ1) is 9.54. The molecule has 1 aliphatic rings. The Labute approximate surface area is 116 Å². The van der Waals surface area contributed by atoms with Crippen LogP contribution in [0.2, 0.25) is 0 Å². The molecular weight excluding hydrogens is 262 g/mol. The number of non-ortho nitro benzene ring substituents is 1. The Kier molecular flexibility index (Phi) is 4.22. The quantitative estimate of drug-likeness (QED) is 0.362. The van der Waals surface area contributed by atoms with Crippen molar-refractivity contribution in [3.63, 3.8) is 0 Å². The third kappa shape index (κ3) is 3.26. The first kappa shape index (κ1) is 14.3. The van der Waals surface area contributed by atoms with E-state index >= 15 is 0 Å². The summed E-state index contributed by atoms with van der Waals surface area (Å²) in [6.07, 6.45) is 3.85. The SMILES string of the molecule is CCC1(OC(=O)Oc2ccc([N+](=O)[O-])cc2)CCCC1. The highest BCUT2D eigenvalue weighted by molar-refractivity contribution is 5.64. The van der Waals surface area contributed by atoms with E-state index in [0.29, 0.717) is 0 Å². The number of rotatable bonds is 4. The highest BCUT2D eigenvalue weighted by atomic mass is 16.7. The van der Waals surface area contributed by atoms with E-state index in [4.69, 9.17) is 9.47 Å². The maximum Gasteiger partial charge on any atom is 0.514 e. The lowest BCUT2D eigenvalue weighted by Gasteiger charge is -2.26. The molecule has 1 fully saturated rings. The van der Waals surface area contributed by atoms with E-state index in [-0.39, 0.29) is 11.4 Å². The Hall–Kier alpha value is -2.11. The average molecular weight is 279 g/mol. The second-order valence-corrected chi connectivity index (χ2v) is 4.95. The number of nitro benzene ring substituents is 1. The first-order valence-electron chi connectivity index (χ1n) is 6.70. The molecule has 6 nitrogen and oxygen atoms in total. The zero-order valence-electron chi connectivity index (χ0n) is 11.3. The van der Waals surface area contributed by atoms with E-state index in [1.54, 1.807) is 0 Å². The maximum atomic E-state index is 11.8. The standard InChI is InChI=1S/C14H17NO5/c1-2-14(9-3-4-10-14)20-13(16)19-12-7-5-11(6-8-12)15(17)18/h5-8H,2-4,9-10H2,1H3. The number of ether oxygens (including phenoxy) is 2. The van der Waals surface area contributed by atoms with Gasteiger partial charge in [0.05, 0.1) is 4.92 Å². The summed E-state index contributed by atoms with van der Waals surface area (Å²) in [6, 6.07) is 5.33. The number of carbonyl (C=O) groups is 1.